The minimum atomic E-state index is 0.0646. The highest BCUT2D eigenvalue weighted by Gasteiger charge is 2.18. The number of hydrogen-bond donors (Lipinski definition) is 0. The summed E-state index contributed by atoms with van der Waals surface area (Å²) in [5, 5.41) is 8.93. The molecule has 4 nitrogen and oxygen atoms in total. The van der Waals surface area contributed by atoms with Crippen LogP contribution in [-0.4, -0.2) is 33.2 Å². The van der Waals surface area contributed by atoms with E-state index in [2.05, 4.69) is 6.07 Å². The Balaban J connectivity index is 3.26. The van der Waals surface area contributed by atoms with Gasteiger partial charge in [0.25, 0.3) is 0 Å². The van der Waals surface area contributed by atoms with Gasteiger partial charge in [-0.05, 0) is 44.3 Å². The first kappa shape index (κ1) is 14.3. The van der Waals surface area contributed by atoms with Crippen LogP contribution in [-0.2, 0) is 0 Å². The van der Waals surface area contributed by atoms with Crippen molar-refractivity contribution in [3.63, 3.8) is 0 Å². The lowest BCUT2D eigenvalue weighted by Gasteiger charge is -2.25. The van der Waals surface area contributed by atoms with Gasteiger partial charge in [0.05, 0.1) is 26.7 Å². The molecule has 1 unspecified atom stereocenters. The van der Waals surface area contributed by atoms with Gasteiger partial charge in [0.1, 0.15) is 0 Å². The fraction of sp³-hybridized carbons (Fsp3) is 0.500. The molecule has 0 aliphatic heterocycles. The van der Waals surface area contributed by atoms with Crippen LogP contribution in [0.4, 0.5) is 0 Å². The Hall–Kier alpha value is -1.73. The van der Waals surface area contributed by atoms with Crippen LogP contribution in [0.3, 0.4) is 0 Å². The van der Waals surface area contributed by atoms with E-state index in [0.717, 1.165) is 11.1 Å². The third-order valence-electron chi connectivity index (χ3n) is 3.04. The van der Waals surface area contributed by atoms with Crippen LogP contribution in [0.25, 0.3) is 0 Å². The first-order chi connectivity index (χ1) is 8.54. The Labute approximate surface area is 109 Å². The highest BCUT2D eigenvalue weighted by atomic mass is 16.5. The summed E-state index contributed by atoms with van der Waals surface area (Å²) in [5.74, 6) is 1.41. The Morgan fingerprint density at radius 3 is 2.22 bits per heavy atom. The minimum absolute atomic E-state index is 0.0646. The molecule has 0 fully saturated rings. The van der Waals surface area contributed by atoms with Crippen molar-refractivity contribution in [2.75, 3.05) is 28.3 Å². The number of hydrogen-bond acceptors (Lipinski definition) is 4. The second-order valence-corrected chi connectivity index (χ2v) is 4.41. The highest BCUT2D eigenvalue weighted by Crippen LogP contribution is 2.35. The zero-order chi connectivity index (χ0) is 13.7. The molecule has 0 bridgehead atoms. The van der Waals surface area contributed by atoms with Gasteiger partial charge in [-0.3, -0.25) is 0 Å². The number of ether oxygens (including phenoxy) is 2. The summed E-state index contributed by atoms with van der Waals surface area (Å²) in [6.45, 7) is 2.02. The summed E-state index contributed by atoms with van der Waals surface area (Å²) < 4.78 is 10.6. The Morgan fingerprint density at radius 1 is 1.22 bits per heavy atom. The predicted molar refractivity (Wildman–Crippen MR) is 70.9 cm³/mol. The number of aryl methyl sites for hydroxylation is 1. The maximum atomic E-state index is 8.93. The second kappa shape index (κ2) is 6.27. The monoisotopic (exact) mass is 248 g/mol. The second-order valence-electron chi connectivity index (χ2n) is 4.41. The van der Waals surface area contributed by atoms with E-state index in [-0.39, 0.29) is 6.04 Å². The van der Waals surface area contributed by atoms with Crippen LogP contribution in [0.5, 0.6) is 11.5 Å². The molecule has 0 aliphatic rings. The molecular formula is C14H20N2O2. The summed E-state index contributed by atoms with van der Waals surface area (Å²) in [7, 11) is 7.18. The topological polar surface area (TPSA) is 45.5 Å². The lowest BCUT2D eigenvalue weighted by Crippen LogP contribution is -2.20. The summed E-state index contributed by atoms with van der Waals surface area (Å²) in [5.41, 5.74) is 2.20. The van der Waals surface area contributed by atoms with Gasteiger partial charge in [-0.1, -0.05) is 0 Å². The smallest absolute Gasteiger partial charge is 0.161 e. The predicted octanol–water partition coefficient (Wildman–Crippen LogP) is 2.53. The number of nitriles is 1. The van der Waals surface area contributed by atoms with Crippen LogP contribution in [0.1, 0.15) is 23.6 Å². The van der Waals surface area contributed by atoms with Crippen LogP contribution >= 0.6 is 0 Å². The first-order valence-electron chi connectivity index (χ1n) is 5.81. The van der Waals surface area contributed by atoms with E-state index in [4.69, 9.17) is 14.7 Å². The van der Waals surface area contributed by atoms with Gasteiger partial charge in [-0.25, -0.2) is 0 Å². The lowest BCUT2D eigenvalue weighted by atomic mass is 9.97. The molecule has 0 saturated heterocycles. The van der Waals surface area contributed by atoms with Crippen LogP contribution in [0.15, 0.2) is 12.1 Å². The molecule has 0 saturated carbocycles. The Bertz CT molecular complexity index is 450. The van der Waals surface area contributed by atoms with E-state index in [0.29, 0.717) is 17.9 Å². The number of benzene rings is 1. The molecular weight excluding hydrogens is 228 g/mol. The van der Waals surface area contributed by atoms with E-state index in [1.807, 2.05) is 38.1 Å². The van der Waals surface area contributed by atoms with Gasteiger partial charge in [0.15, 0.2) is 11.5 Å². The average Bonchev–Trinajstić information content (AvgIpc) is 2.35. The zero-order valence-corrected chi connectivity index (χ0v) is 11.7. The van der Waals surface area contributed by atoms with E-state index in [1.165, 1.54) is 0 Å². The van der Waals surface area contributed by atoms with Crippen LogP contribution in [0.2, 0.25) is 0 Å². The number of nitrogens with zero attached hydrogens (tertiary/aromatic N) is 2. The Kier molecular flexibility index (Phi) is 4.99. The molecule has 0 heterocycles. The maximum Gasteiger partial charge on any atom is 0.161 e. The van der Waals surface area contributed by atoms with Gasteiger partial charge >= 0.3 is 0 Å². The van der Waals surface area contributed by atoms with Gasteiger partial charge in [-0.2, -0.15) is 5.26 Å². The molecule has 1 atom stereocenters. The molecule has 0 amide bonds. The van der Waals surface area contributed by atoms with E-state index >= 15 is 0 Å². The molecule has 0 N–H and O–H groups in total. The van der Waals surface area contributed by atoms with E-state index in [9.17, 15) is 0 Å². The quantitative estimate of drug-likeness (QED) is 0.803. The molecule has 1 aromatic carbocycles. The molecule has 0 aromatic heterocycles. The molecule has 0 radical (unpaired) electrons. The maximum absolute atomic E-state index is 8.93. The van der Waals surface area contributed by atoms with Crippen LogP contribution in [0, 0.1) is 18.3 Å². The largest absolute Gasteiger partial charge is 0.493 e. The summed E-state index contributed by atoms with van der Waals surface area (Å²) in [6.07, 6.45) is 0.448. The molecule has 0 aliphatic carbocycles. The van der Waals surface area contributed by atoms with Gasteiger partial charge < -0.3 is 14.4 Å². The van der Waals surface area contributed by atoms with Gasteiger partial charge in [0, 0.05) is 6.04 Å². The van der Waals surface area contributed by atoms with Crippen molar-refractivity contribution in [3.8, 4) is 17.6 Å². The standard InChI is InChI=1S/C14H20N2O2/c1-10-8-13(17-4)14(18-5)9-11(10)12(6-7-15)16(2)3/h8-9,12H,6H2,1-5H3. The first-order valence-corrected chi connectivity index (χ1v) is 5.81. The van der Waals surface area contributed by atoms with Crippen molar-refractivity contribution in [1.29, 1.82) is 5.26 Å². The fourth-order valence-electron chi connectivity index (χ4n) is 2.01. The summed E-state index contributed by atoms with van der Waals surface area (Å²) in [6, 6.07) is 6.19. The molecule has 1 aromatic rings. The average molecular weight is 248 g/mol. The van der Waals surface area contributed by atoms with Crippen molar-refractivity contribution >= 4 is 0 Å². The molecule has 0 spiro atoms. The Morgan fingerprint density at radius 2 is 1.78 bits per heavy atom. The third kappa shape index (κ3) is 2.93. The molecule has 4 heteroatoms. The van der Waals surface area contributed by atoms with E-state index in [1.54, 1.807) is 14.2 Å². The normalized spacial score (nSPS) is 12.1. The van der Waals surface area contributed by atoms with Crippen molar-refractivity contribution in [1.82, 2.24) is 4.90 Å². The van der Waals surface area contributed by atoms with Crippen molar-refractivity contribution in [2.24, 2.45) is 0 Å². The van der Waals surface area contributed by atoms with Crippen molar-refractivity contribution in [2.45, 2.75) is 19.4 Å². The summed E-state index contributed by atoms with van der Waals surface area (Å²) >= 11 is 0. The zero-order valence-electron chi connectivity index (χ0n) is 11.7. The molecule has 18 heavy (non-hydrogen) atoms. The van der Waals surface area contributed by atoms with E-state index < -0.39 is 0 Å². The third-order valence-corrected chi connectivity index (χ3v) is 3.04. The summed E-state index contributed by atoms with van der Waals surface area (Å²) in [4.78, 5) is 2.04. The molecule has 98 valence electrons. The van der Waals surface area contributed by atoms with Crippen molar-refractivity contribution in [3.05, 3.63) is 23.3 Å². The number of rotatable bonds is 5. The van der Waals surface area contributed by atoms with Gasteiger partial charge in [-0.15, -0.1) is 0 Å². The van der Waals surface area contributed by atoms with Crippen molar-refractivity contribution < 1.29 is 9.47 Å². The molecule has 1 rings (SSSR count). The minimum Gasteiger partial charge on any atom is -0.493 e. The lowest BCUT2D eigenvalue weighted by molar-refractivity contribution is 0.299. The SMILES string of the molecule is COc1cc(C)c(C(CC#N)N(C)C)cc1OC. The van der Waals surface area contributed by atoms with Crippen LogP contribution < -0.4 is 9.47 Å². The highest BCUT2D eigenvalue weighted by molar-refractivity contribution is 5.48. The van der Waals surface area contributed by atoms with Gasteiger partial charge in [0.2, 0.25) is 0 Å². The number of methoxy groups -OCH3 is 2. The fourth-order valence-corrected chi connectivity index (χ4v) is 2.01.